The molecule has 0 saturated carbocycles. The zero-order chi connectivity index (χ0) is 18.1. The lowest BCUT2D eigenvalue weighted by molar-refractivity contribution is -0.298. The standard InChI is InChI=1S/C17H30NO6P/c1-16(2)21-7-13(8-22-16)18(12-5-19-15(11-25)20-6-12)14-9-23-17(3,4)24-10-14/h11-15,25H,5-10H2,1-4H3. The molecule has 25 heavy (non-hydrogen) atoms. The topological polar surface area (TPSA) is 58.6 Å². The molecule has 0 atom stereocenters. The first-order chi connectivity index (χ1) is 11.8. The van der Waals surface area contributed by atoms with E-state index < -0.39 is 11.6 Å². The SMILES string of the molecule is CC1(C)OCC(N(C2COC(C=P)OC2)C2COC(C)(C)OC2)CO1. The first kappa shape index (κ1) is 19.6. The van der Waals surface area contributed by atoms with E-state index in [0.29, 0.717) is 39.6 Å². The van der Waals surface area contributed by atoms with Gasteiger partial charge in [0.15, 0.2) is 17.9 Å². The molecule has 3 aliphatic rings. The molecular formula is C17H30NO6P. The summed E-state index contributed by atoms with van der Waals surface area (Å²) >= 11 is 0. The maximum absolute atomic E-state index is 5.88. The maximum atomic E-state index is 5.88. The highest BCUT2D eigenvalue weighted by Crippen LogP contribution is 2.28. The second-order valence-electron chi connectivity index (χ2n) is 7.65. The Hall–Kier alpha value is -0.110. The largest absolute Gasteiger partial charge is 0.349 e. The van der Waals surface area contributed by atoms with Crippen molar-refractivity contribution in [1.29, 1.82) is 0 Å². The summed E-state index contributed by atoms with van der Waals surface area (Å²) < 4.78 is 35.0. The molecular weight excluding hydrogens is 345 g/mol. The number of hydrogen-bond acceptors (Lipinski definition) is 7. The van der Waals surface area contributed by atoms with E-state index in [4.69, 9.17) is 28.4 Å². The maximum Gasteiger partial charge on any atom is 0.180 e. The van der Waals surface area contributed by atoms with Gasteiger partial charge in [-0.05, 0) is 33.5 Å². The van der Waals surface area contributed by atoms with Crippen molar-refractivity contribution in [3.8, 4) is 0 Å². The zero-order valence-corrected chi connectivity index (χ0v) is 16.5. The van der Waals surface area contributed by atoms with Crippen LogP contribution in [0, 0.1) is 0 Å². The van der Waals surface area contributed by atoms with Gasteiger partial charge in [0, 0.05) is 0 Å². The van der Waals surface area contributed by atoms with Crippen LogP contribution < -0.4 is 0 Å². The fourth-order valence-electron chi connectivity index (χ4n) is 3.38. The first-order valence-electron chi connectivity index (χ1n) is 8.87. The fourth-order valence-corrected chi connectivity index (χ4v) is 3.57. The van der Waals surface area contributed by atoms with Gasteiger partial charge in [-0.25, -0.2) is 0 Å². The van der Waals surface area contributed by atoms with Gasteiger partial charge in [0.1, 0.15) is 0 Å². The predicted octanol–water partition coefficient (Wildman–Crippen LogP) is 1.28. The Labute approximate surface area is 152 Å². The molecule has 0 bridgehead atoms. The van der Waals surface area contributed by atoms with Gasteiger partial charge in [0.2, 0.25) is 0 Å². The molecule has 0 unspecified atom stereocenters. The molecule has 3 fully saturated rings. The van der Waals surface area contributed by atoms with Crippen LogP contribution in [0.2, 0.25) is 0 Å². The van der Waals surface area contributed by atoms with Gasteiger partial charge in [-0.2, -0.15) is 0 Å². The minimum atomic E-state index is -0.543. The highest BCUT2D eigenvalue weighted by atomic mass is 31.0. The van der Waals surface area contributed by atoms with E-state index in [0.717, 1.165) is 0 Å². The lowest BCUT2D eigenvalue weighted by Crippen LogP contribution is -2.64. The van der Waals surface area contributed by atoms with Crippen LogP contribution in [0.3, 0.4) is 0 Å². The van der Waals surface area contributed by atoms with Gasteiger partial charge in [-0.1, -0.05) is 0 Å². The van der Waals surface area contributed by atoms with Crippen LogP contribution in [-0.2, 0) is 28.4 Å². The predicted molar refractivity (Wildman–Crippen MR) is 95.2 cm³/mol. The van der Waals surface area contributed by atoms with Crippen LogP contribution in [0.4, 0.5) is 0 Å². The molecule has 3 heterocycles. The average molecular weight is 375 g/mol. The van der Waals surface area contributed by atoms with E-state index >= 15 is 0 Å². The summed E-state index contributed by atoms with van der Waals surface area (Å²) in [5.41, 5.74) is 0. The summed E-state index contributed by atoms with van der Waals surface area (Å²) in [7, 11) is 3.33. The van der Waals surface area contributed by atoms with Crippen molar-refractivity contribution in [3.05, 3.63) is 0 Å². The lowest BCUT2D eigenvalue weighted by atomic mass is 10.1. The first-order valence-corrected chi connectivity index (χ1v) is 9.44. The molecule has 0 radical (unpaired) electrons. The number of nitrogens with zero attached hydrogens (tertiary/aromatic N) is 1. The minimum Gasteiger partial charge on any atom is -0.349 e. The molecule has 8 heteroatoms. The molecule has 3 rings (SSSR count). The monoisotopic (exact) mass is 375 g/mol. The lowest BCUT2D eigenvalue weighted by Gasteiger charge is -2.49. The fraction of sp³-hybridized carbons (Fsp3) is 0.941. The minimum absolute atomic E-state index is 0.0969. The van der Waals surface area contributed by atoms with Crippen LogP contribution in [0.1, 0.15) is 27.7 Å². The quantitative estimate of drug-likeness (QED) is 0.686. The Kier molecular flexibility index (Phi) is 6.18. The van der Waals surface area contributed by atoms with Crippen LogP contribution in [0.25, 0.3) is 0 Å². The Balaban J connectivity index is 1.69. The highest BCUT2D eigenvalue weighted by molar-refractivity contribution is 7.18. The van der Waals surface area contributed by atoms with Gasteiger partial charge in [0.05, 0.1) is 57.8 Å². The van der Waals surface area contributed by atoms with Crippen molar-refractivity contribution >= 4 is 14.7 Å². The molecule has 3 aliphatic heterocycles. The molecule has 0 aromatic rings. The number of rotatable bonds is 4. The van der Waals surface area contributed by atoms with Crippen molar-refractivity contribution < 1.29 is 28.4 Å². The third-order valence-electron chi connectivity index (χ3n) is 4.80. The third-order valence-corrected chi connectivity index (χ3v) is 5.07. The third kappa shape index (κ3) is 4.99. The molecule has 0 aromatic heterocycles. The van der Waals surface area contributed by atoms with Crippen molar-refractivity contribution in [2.45, 2.75) is 63.7 Å². The molecule has 0 amide bonds. The summed E-state index contributed by atoms with van der Waals surface area (Å²) in [4.78, 5) is 2.34. The molecule has 7 nitrogen and oxygen atoms in total. The Morgan fingerprint density at radius 2 is 1.08 bits per heavy atom. The van der Waals surface area contributed by atoms with Crippen molar-refractivity contribution in [3.63, 3.8) is 0 Å². The van der Waals surface area contributed by atoms with E-state index in [1.54, 1.807) is 5.80 Å². The van der Waals surface area contributed by atoms with Crippen molar-refractivity contribution in [2.24, 2.45) is 0 Å². The number of ether oxygens (including phenoxy) is 6. The van der Waals surface area contributed by atoms with E-state index in [9.17, 15) is 0 Å². The summed E-state index contributed by atoms with van der Waals surface area (Å²) in [6.07, 6.45) is -0.314. The molecule has 144 valence electrons. The summed E-state index contributed by atoms with van der Waals surface area (Å²) in [6, 6.07) is 0.306. The van der Waals surface area contributed by atoms with Crippen molar-refractivity contribution in [2.75, 3.05) is 39.6 Å². The van der Waals surface area contributed by atoms with Gasteiger partial charge in [-0.3, -0.25) is 4.90 Å². The zero-order valence-electron chi connectivity index (χ0n) is 15.5. The molecule has 0 aliphatic carbocycles. The van der Waals surface area contributed by atoms with E-state index in [2.05, 4.69) is 13.8 Å². The van der Waals surface area contributed by atoms with Gasteiger partial charge >= 0.3 is 0 Å². The number of hydrogen-bond donors (Lipinski definition) is 0. The average Bonchev–Trinajstić information content (AvgIpc) is 2.58. The van der Waals surface area contributed by atoms with Crippen LogP contribution in [0.5, 0.6) is 0 Å². The summed E-state index contributed by atoms with van der Waals surface area (Å²) in [5, 5.41) is 0. The highest BCUT2D eigenvalue weighted by Gasteiger charge is 2.42. The second kappa shape index (κ2) is 7.87. The molecule has 0 aromatic carbocycles. The second-order valence-corrected chi connectivity index (χ2v) is 7.99. The Morgan fingerprint density at radius 3 is 1.44 bits per heavy atom. The van der Waals surface area contributed by atoms with E-state index in [1.165, 1.54) is 0 Å². The molecule has 0 N–H and O–H groups in total. The Morgan fingerprint density at radius 1 is 0.720 bits per heavy atom. The molecule has 0 spiro atoms. The van der Waals surface area contributed by atoms with Gasteiger partial charge in [0.25, 0.3) is 0 Å². The molecule has 3 saturated heterocycles. The summed E-state index contributed by atoms with van der Waals surface area (Å²) in [6.45, 7) is 11.3. The van der Waals surface area contributed by atoms with E-state index in [-0.39, 0.29) is 24.4 Å². The van der Waals surface area contributed by atoms with Gasteiger partial charge < -0.3 is 28.4 Å². The van der Waals surface area contributed by atoms with Crippen molar-refractivity contribution in [1.82, 2.24) is 4.90 Å². The van der Waals surface area contributed by atoms with Crippen LogP contribution in [0.15, 0.2) is 0 Å². The summed E-state index contributed by atoms with van der Waals surface area (Å²) in [5.74, 6) is 0.642. The van der Waals surface area contributed by atoms with Crippen LogP contribution >= 0.6 is 8.86 Å². The van der Waals surface area contributed by atoms with E-state index in [1.807, 2.05) is 27.7 Å². The Bertz CT molecular complexity index is 418. The van der Waals surface area contributed by atoms with Crippen LogP contribution in [-0.4, -0.2) is 86.3 Å². The smallest absolute Gasteiger partial charge is 0.180 e. The normalized spacial score (nSPS) is 34.1. The van der Waals surface area contributed by atoms with Gasteiger partial charge in [-0.15, -0.1) is 8.86 Å².